The SMILES string of the molecule is CCN(CC)c1ccc(-c2nc3c4ccccc4ccc3n2C)cc1. The molecule has 0 fully saturated rings. The van der Waals surface area contributed by atoms with Crippen molar-refractivity contribution in [2.24, 2.45) is 7.05 Å². The molecule has 0 N–H and O–H groups in total. The highest BCUT2D eigenvalue weighted by molar-refractivity contribution is 6.05. The summed E-state index contributed by atoms with van der Waals surface area (Å²) in [6.07, 6.45) is 0. The zero-order valence-corrected chi connectivity index (χ0v) is 15.0. The van der Waals surface area contributed by atoms with Crippen molar-refractivity contribution >= 4 is 27.5 Å². The topological polar surface area (TPSA) is 21.1 Å². The maximum Gasteiger partial charge on any atom is 0.140 e. The van der Waals surface area contributed by atoms with Crippen molar-refractivity contribution in [3.8, 4) is 11.4 Å². The molecule has 0 aliphatic heterocycles. The van der Waals surface area contributed by atoms with Gasteiger partial charge in [0.15, 0.2) is 0 Å². The van der Waals surface area contributed by atoms with Gasteiger partial charge in [0, 0.05) is 36.8 Å². The molecule has 4 aromatic rings. The first kappa shape index (κ1) is 15.7. The predicted molar refractivity (Wildman–Crippen MR) is 107 cm³/mol. The summed E-state index contributed by atoms with van der Waals surface area (Å²) in [5.74, 6) is 1.01. The summed E-state index contributed by atoms with van der Waals surface area (Å²) < 4.78 is 2.19. The zero-order valence-electron chi connectivity index (χ0n) is 15.0. The summed E-state index contributed by atoms with van der Waals surface area (Å²) >= 11 is 0. The fourth-order valence-electron chi connectivity index (χ4n) is 3.60. The van der Waals surface area contributed by atoms with Gasteiger partial charge in [0.25, 0.3) is 0 Å². The van der Waals surface area contributed by atoms with E-state index < -0.39 is 0 Å². The molecule has 3 heteroatoms. The van der Waals surface area contributed by atoms with Crippen LogP contribution in [-0.4, -0.2) is 22.6 Å². The minimum absolute atomic E-state index is 1.01. The van der Waals surface area contributed by atoms with E-state index in [1.54, 1.807) is 0 Å². The smallest absolute Gasteiger partial charge is 0.140 e. The number of anilines is 1. The van der Waals surface area contributed by atoms with Gasteiger partial charge in [0.05, 0.1) is 11.0 Å². The van der Waals surface area contributed by atoms with Crippen molar-refractivity contribution in [1.29, 1.82) is 0 Å². The van der Waals surface area contributed by atoms with E-state index in [9.17, 15) is 0 Å². The van der Waals surface area contributed by atoms with Crippen LogP contribution in [0.1, 0.15) is 13.8 Å². The summed E-state index contributed by atoms with van der Waals surface area (Å²) in [6.45, 7) is 6.42. The van der Waals surface area contributed by atoms with Crippen LogP contribution < -0.4 is 4.90 Å². The molecule has 0 saturated heterocycles. The van der Waals surface area contributed by atoms with Gasteiger partial charge in [-0.15, -0.1) is 0 Å². The molecule has 1 heterocycles. The normalized spacial score (nSPS) is 11.3. The van der Waals surface area contributed by atoms with Crippen LogP contribution >= 0.6 is 0 Å². The minimum atomic E-state index is 1.01. The van der Waals surface area contributed by atoms with Gasteiger partial charge in [-0.2, -0.15) is 0 Å². The van der Waals surface area contributed by atoms with Gasteiger partial charge >= 0.3 is 0 Å². The number of aryl methyl sites for hydroxylation is 1. The maximum atomic E-state index is 4.97. The quantitative estimate of drug-likeness (QED) is 0.510. The Balaban J connectivity index is 1.84. The highest BCUT2D eigenvalue weighted by Crippen LogP contribution is 2.30. The van der Waals surface area contributed by atoms with Crippen LogP contribution in [0.25, 0.3) is 33.2 Å². The van der Waals surface area contributed by atoms with E-state index in [-0.39, 0.29) is 0 Å². The lowest BCUT2D eigenvalue weighted by atomic mass is 10.1. The second-order valence-corrected chi connectivity index (χ2v) is 6.37. The Bertz CT molecular complexity index is 1020. The number of hydrogen-bond acceptors (Lipinski definition) is 2. The van der Waals surface area contributed by atoms with Crippen molar-refractivity contribution in [2.45, 2.75) is 13.8 Å². The first-order valence-corrected chi connectivity index (χ1v) is 8.92. The third kappa shape index (κ3) is 2.56. The van der Waals surface area contributed by atoms with Crippen LogP contribution in [-0.2, 0) is 7.05 Å². The summed E-state index contributed by atoms with van der Waals surface area (Å²) in [7, 11) is 2.09. The number of hydrogen-bond donors (Lipinski definition) is 0. The molecule has 25 heavy (non-hydrogen) atoms. The Morgan fingerprint density at radius 1 is 0.880 bits per heavy atom. The third-order valence-electron chi connectivity index (χ3n) is 5.03. The summed E-state index contributed by atoms with van der Waals surface area (Å²) in [5, 5.41) is 2.44. The van der Waals surface area contributed by atoms with Crippen molar-refractivity contribution < 1.29 is 0 Å². The highest BCUT2D eigenvalue weighted by Gasteiger charge is 2.12. The van der Waals surface area contributed by atoms with Crippen molar-refractivity contribution in [1.82, 2.24) is 9.55 Å². The number of benzene rings is 3. The van der Waals surface area contributed by atoms with E-state index in [1.807, 2.05) is 0 Å². The molecule has 0 bridgehead atoms. The molecule has 0 aliphatic carbocycles. The molecule has 126 valence electrons. The Morgan fingerprint density at radius 3 is 2.32 bits per heavy atom. The molecule has 4 rings (SSSR count). The van der Waals surface area contributed by atoms with E-state index in [4.69, 9.17) is 4.98 Å². The fraction of sp³-hybridized carbons (Fsp3) is 0.227. The number of nitrogens with zero attached hydrogens (tertiary/aromatic N) is 3. The molecule has 3 aromatic carbocycles. The average Bonchev–Trinajstić information content (AvgIpc) is 3.00. The van der Waals surface area contributed by atoms with E-state index >= 15 is 0 Å². The Hall–Kier alpha value is -2.81. The van der Waals surface area contributed by atoms with Gasteiger partial charge < -0.3 is 9.47 Å². The van der Waals surface area contributed by atoms with Crippen LogP contribution in [0, 0.1) is 0 Å². The molecule has 0 spiro atoms. The summed E-state index contributed by atoms with van der Waals surface area (Å²) in [5.41, 5.74) is 4.65. The predicted octanol–water partition coefficient (Wildman–Crippen LogP) is 5.24. The number of rotatable bonds is 4. The van der Waals surface area contributed by atoms with E-state index in [2.05, 4.69) is 91.0 Å². The van der Waals surface area contributed by atoms with Gasteiger partial charge in [-0.1, -0.05) is 30.3 Å². The number of fused-ring (bicyclic) bond motifs is 3. The third-order valence-corrected chi connectivity index (χ3v) is 5.03. The van der Waals surface area contributed by atoms with Crippen molar-refractivity contribution in [3.05, 3.63) is 60.7 Å². The molecule has 0 radical (unpaired) electrons. The first-order chi connectivity index (χ1) is 12.2. The van der Waals surface area contributed by atoms with E-state index in [0.29, 0.717) is 0 Å². The van der Waals surface area contributed by atoms with Crippen LogP contribution in [0.3, 0.4) is 0 Å². The Labute approximate surface area is 148 Å². The number of imidazole rings is 1. The molecular formula is C22H23N3. The van der Waals surface area contributed by atoms with Crippen molar-refractivity contribution in [3.63, 3.8) is 0 Å². The fourth-order valence-corrected chi connectivity index (χ4v) is 3.60. The lowest BCUT2D eigenvalue weighted by Gasteiger charge is -2.21. The van der Waals surface area contributed by atoms with Crippen LogP contribution in [0.4, 0.5) is 5.69 Å². The molecule has 0 amide bonds. The molecular weight excluding hydrogens is 306 g/mol. The molecule has 3 nitrogen and oxygen atoms in total. The van der Waals surface area contributed by atoms with Crippen LogP contribution in [0.5, 0.6) is 0 Å². The first-order valence-electron chi connectivity index (χ1n) is 8.92. The summed E-state index contributed by atoms with van der Waals surface area (Å²) in [4.78, 5) is 7.33. The monoisotopic (exact) mass is 329 g/mol. The zero-order chi connectivity index (χ0) is 17.4. The van der Waals surface area contributed by atoms with Gasteiger partial charge in [-0.3, -0.25) is 0 Å². The summed E-state index contributed by atoms with van der Waals surface area (Å²) in [6, 6.07) is 21.5. The van der Waals surface area contributed by atoms with Gasteiger partial charge in [-0.25, -0.2) is 4.98 Å². The minimum Gasteiger partial charge on any atom is -0.372 e. The molecule has 1 aromatic heterocycles. The van der Waals surface area contributed by atoms with Gasteiger partial charge in [0.2, 0.25) is 0 Å². The lowest BCUT2D eigenvalue weighted by Crippen LogP contribution is -2.21. The standard InChI is InChI=1S/C22H23N3/c1-4-25(5-2)18-13-10-17(11-14-18)22-23-21-19-9-7-6-8-16(19)12-15-20(21)24(22)3/h6-15H,4-5H2,1-3H3. The molecule has 0 unspecified atom stereocenters. The Kier molecular flexibility index (Phi) is 3.92. The average molecular weight is 329 g/mol. The van der Waals surface area contributed by atoms with E-state index in [0.717, 1.165) is 30.0 Å². The van der Waals surface area contributed by atoms with Crippen LogP contribution in [0.2, 0.25) is 0 Å². The van der Waals surface area contributed by atoms with Crippen molar-refractivity contribution in [2.75, 3.05) is 18.0 Å². The Morgan fingerprint density at radius 2 is 1.60 bits per heavy atom. The van der Waals surface area contributed by atoms with Gasteiger partial charge in [0.1, 0.15) is 5.82 Å². The molecule has 0 saturated carbocycles. The second kappa shape index (κ2) is 6.25. The maximum absolute atomic E-state index is 4.97. The highest BCUT2D eigenvalue weighted by atomic mass is 15.1. The van der Waals surface area contributed by atoms with Gasteiger partial charge in [-0.05, 0) is 49.6 Å². The van der Waals surface area contributed by atoms with Crippen LogP contribution in [0.15, 0.2) is 60.7 Å². The lowest BCUT2D eigenvalue weighted by molar-refractivity contribution is 0.866. The molecule has 0 atom stereocenters. The van der Waals surface area contributed by atoms with E-state index in [1.165, 1.54) is 22.0 Å². The largest absolute Gasteiger partial charge is 0.372 e. The number of aromatic nitrogens is 2. The second-order valence-electron chi connectivity index (χ2n) is 6.37. The molecule has 0 aliphatic rings.